The van der Waals surface area contributed by atoms with Gasteiger partial charge in [-0.2, -0.15) is 0 Å². The van der Waals surface area contributed by atoms with Crippen LogP contribution in [0.25, 0.3) is 11.3 Å². The molecule has 2 heterocycles. The molecule has 10 heteroatoms. The SMILES string of the molecule is C/C=C/C=C(N)N.COc1ccc(CN2Cc3nc(-c4c(F)cccc4F)cc(Cl)c3C2=O)c(OC)c1. The van der Waals surface area contributed by atoms with Crippen molar-refractivity contribution in [2.24, 2.45) is 11.5 Å². The molecule has 0 spiro atoms. The summed E-state index contributed by atoms with van der Waals surface area (Å²) in [5.41, 5.74) is 11.3. The van der Waals surface area contributed by atoms with Crippen molar-refractivity contribution >= 4 is 17.5 Å². The predicted octanol–water partition coefficient (Wildman–Crippen LogP) is 5.17. The third-order valence-corrected chi connectivity index (χ3v) is 5.74. The predicted molar refractivity (Wildman–Crippen MR) is 139 cm³/mol. The molecule has 0 fully saturated rings. The van der Waals surface area contributed by atoms with Crippen LogP contribution in [0, 0.1) is 11.6 Å². The summed E-state index contributed by atoms with van der Waals surface area (Å²) in [6.07, 6.45) is 5.29. The van der Waals surface area contributed by atoms with E-state index in [9.17, 15) is 13.6 Å². The standard InChI is InChI=1S/C22H17ClF2N2O3.C5H10N2/c1-29-13-7-6-12(19(8-13)30-2)10-27-11-18-20(22(27)28)14(23)9-17(26-18)21-15(24)4-3-5-16(21)25;1-2-3-4-5(6)7/h3-9H,10-11H2,1-2H3;2-4H,6-7H2,1H3/b;3-2+. The van der Waals surface area contributed by atoms with Crippen LogP contribution in [0.4, 0.5) is 8.78 Å². The second kappa shape index (κ2) is 12.2. The van der Waals surface area contributed by atoms with Gasteiger partial charge in [-0.25, -0.2) is 13.8 Å². The van der Waals surface area contributed by atoms with E-state index in [1.54, 1.807) is 36.3 Å². The van der Waals surface area contributed by atoms with Crippen LogP contribution in [0.1, 0.15) is 28.5 Å². The lowest BCUT2D eigenvalue weighted by atomic mass is 10.1. The van der Waals surface area contributed by atoms with Gasteiger partial charge < -0.3 is 25.8 Å². The van der Waals surface area contributed by atoms with Gasteiger partial charge in [-0.3, -0.25) is 4.79 Å². The van der Waals surface area contributed by atoms with Crippen molar-refractivity contribution in [2.75, 3.05) is 14.2 Å². The Balaban J connectivity index is 0.000000479. The normalized spacial score (nSPS) is 12.2. The van der Waals surface area contributed by atoms with Crippen molar-refractivity contribution in [1.29, 1.82) is 0 Å². The first-order valence-electron chi connectivity index (χ1n) is 11.2. The zero-order chi connectivity index (χ0) is 27.1. The molecule has 194 valence electrons. The highest BCUT2D eigenvalue weighted by molar-refractivity contribution is 6.34. The van der Waals surface area contributed by atoms with Crippen molar-refractivity contribution in [2.45, 2.75) is 20.0 Å². The molecular formula is C27H27ClF2N4O3. The molecule has 0 atom stereocenters. The van der Waals surface area contributed by atoms with Gasteiger partial charge in [-0.1, -0.05) is 29.8 Å². The zero-order valence-corrected chi connectivity index (χ0v) is 21.4. The number of fused-ring (bicyclic) bond motifs is 1. The van der Waals surface area contributed by atoms with Crippen molar-refractivity contribution in [3.63, 3.8) is 0 Å². The minimum atomic E-state index is -0.748. The first-order valence-corrected chi connectivity index (χ1v) is 11.6. The van der Waals surface area contributed by atoms with Gasteiger partial charge in [0.2, 0.25) is 0 Å². The van der Waals surface area contributed by atoms with Gasteiger partial charge in [0.05, 0.1) is 60.7 Å². The topological polar surface area (TPSA) is 104 Å². The summed E-state index contributed by atoms with van der Waals surface area (Å²) in [4.78, 5) is 18.8. The van der Waals surface area contributed by atoms with E-state index in [2.05, 4.69) is 4.98 Å². The monoisotopic (exact) mass is 528 g/mol. The van der Waals surface area contributed by atoms with Crippen LogP contribution in [0.3, 0.4) is 0 Å². The summed E-state index contributed by atoms with van der Waals surface area (Å²) in [7, 11) is 3.09. The van der Waals surface area contributed by atoms with Crippen LogP contribution in [0.5, 0.6) is 11.5 Å². The molecule has 3 aromatic rings. The number of hydrogen-bond donors (Lipinski definition) is 2. The fourth-order valence-electron chi connectivity index (χ4n) is 3.71. The van der Waals surface area contributed by atoms with Gasteiger partial charge >= 0.3 is 0 Å². The molecule has 0 bridgehead atoms. The number of rotatable bonds is 6. The molecule has 2 aromatic carbocycles. The summed E-state index contributed by atoms with van der Waals surface area (Å²) in [5, 5.41) is 0.104. The lowest BCUT2D eigenvalue weighted by molar-refractivity contribution is 0.0765. The molecule has 0 radical (unpaired) electrons. The molecular weight excluding hydrogens is 502 g/mol. The Bertz CT molecular complexity index is 1340. The van der Waals surface area contributed by atoms with E-state index in [1.165, 1.54) is 19.2 Å². The van der Waals surface area contributed by atoms with E-state index in [0.29, 0.717) is 23.0 Å². The largest absolute Gasteiger partial charge is 0.497 e. The number of carbonyl (C=O) groups excluding carboxylic acids is 1. The summed E-state index contributed by atoms with van der Waals surface area (Å²) in [5.74, 6) is -0.247. The van der Waals surface area contributed by atoms with E-state index >= 15 is 0 Å². The average Bonchev–Trinajstić information content (AvgIpc) is 3.18. The third kappa shape index (κ3) is 6.37. The molecule has 37 heavy (non-hydrogen) atoms. The number of benzene rings is 2. The van der Waals surface area contributed by atoms with Crippen molar-refractivity contribution in [1.82, 2.24) is 9.88 Å². The maximum Gasteiger partial charge on any atom is 0.257 e. The van der Waals surface area contributed by atoms with Crippen LogP contribution < -0.4 is 20.9 Å². The van der Waals surface area contributed by atoms with E-state index in [-0.39, 0.29) is 40.8 Å². The van der Waals surface area contributed by atoms with Crippen LogP contribution in [0.15, 0.2) is 66.5 Å². The number of methoxy groups -OCH3 is 2. The van der Waals surface area contributed by atoms with Crippen molar-refractivity contribution < 1.29 is 23.0 Å². The first-order chi connectivity index (χ1) is 17.7. The summed E-state index contributed by atoms with van der Waals surface area (Å²) in [6.45, 7) is 2.31. The number of pyridine rings is 1. The number of aromatic nitrogens is 1. The fraction of sp³-hybridized carbons (Fsp3) is 0.185. The Morgan fingerprint density at radius 1 is 1.11 bits per heavy atom. The Hall–Kier alpha value is -4.11. The van der Waals surface area contributed by atoms with E-state index < -0.39 is 11.6 Å². The molecule has 1 aliphatic rings. The molecule has 7 nitrogen and oxygen atoms in total. The third-order valence-electron chi connectivity index (χ3n) is 5.44. The maximum absolute atomic E-state index is 14.2. The highest BCUT2D eigenvalue weighted by atomic mass is 35.5. The second-order valence-corrected chi connectivity index (χ2v) is 8.35. The second-order valence-electron chi connectivity index (χ2n) is 7.94. The highest BCUT2D eigenvalue weighted by Gasteiger charge is 2.33. The van der Waals surface area contributed by atoms with E-state index in [1.807, 2.05) is 19.1 Å². The molecule has 1 amide bonds. The van der Waals surface area contributed by atoms with Crippen LogP contribution >= 0.6 is 11.6 Å². The minimum absolute atomic E-state index is 0.0472. The van der Waals surface area contributed by atoms with Gasteiger partial charge in [-0.05, 0) is 43.3 Å². The molecule has 1 aromatic heterocycles. The van der Waals surface area contributed by atoms with Gasteiger partial charge in [-0.15, -0.1) is 0 Å². The van der Waals surface area contributed by atoms with E-state index in [4.69, 9.17) is 32.5 Å². The number of carbonyl (C=O) groups is 1. The molecule has 4 N–H and O–H groups in total. The van der Waals surface area contributed by atoms with Gasteiger partial charge in [0, 0.05) is 11.6 Å². The van der Waals surface area contributed by atoms with Crippen LogP contribution in [0.2, 0.25) is 5.02 Å². The number of amides is 1. The Morgan fingerprint density at radius 2 is 1.81 bits per heavy atom. The summed E-state index contributed by atoms with van der Waals surface area (Å²) in [6, 6.07) is 10.2. The van der Waals surface area contributed by atoms with Gasteiger partial charge in [0.25, 0.3) is 5.91 Å². The number of ether oxygens (including phenoxy) is 2. The Labute approximate surface area is 218 Å². The smallest absolute Gasteiger partial charge is 0.257 e. The van der Waals surface area contributed by atoms with Crippen LogP contribution in [-0.2, 0) is 13.1 Å². The number of hydrogen-bond acceptors (Lipinski definition) is 6. The quantitative estimate of drug-likeness (QED) is 0.428. The zero-order valence-electron chi connectivity index (χ0n) is 20.6. The Morgan fingerprint density at radius 3 is 2.38 bits per heavy atom. The molecule has 0 saturated carbocycles. The number of halogens is 3. The van der Waals surface area contributed by atoms with Gasteiger partial charge in [0.1, 0.15) is 23.1 Å². The van der Waals surface area contributed by atoms with E-state index in [0.717, 1.165) is 17.7 Å². The number of allylic oxidation sites excluding steroid dienone is 3. The molecule has 4 rings (SSSR count). The summed E-state index contributed by atoms with van der Waals surface area (Å²) < 4.78 is 39.0. The molecule has 0 unspecified atom stereocenters. The van der Waals surface area contributed by atoms with Gasteiger partial charge in [0.15, 0.2) is 0 Å². The minimum Gasteiger partial charge on any atom is -0.497 e. The number of nitrogens with zero attached hydrogens (tertiary/aromatic N) is 2. The Kier molecular flexibility index (Phi) is 9.08. The van der Waals surface area contributed by atoms with Crippen molar-refractivity contribution in [3.8, 4) is 22.8 Å². The number of nitrogens with two attached hydrogens (primary N) is 2. The molecule has 1 aliphatic heterocycles. The maximum atomic E-state index is 14.2. The lowest BCUT2D eigenvalue weighted by Gasteiger charge is -2.18. The summed E-state index contributed by atoms with van der Waals surface area (Å²) >= 11 is 6.32. The first kappa shape index (κ1) is 27.5. The average molecular weight is 529 g/mol. The van der Waals surface area contributed by atoms with Crippen molar-refractivity contribution in [3.05, 3.63) is 100.0 Å². The lowest BCUT2D eigenvalue weighted by Crippen LogP contribution is -2.23. The van der Waals surface area contributed by atoms with Crippen LogP contribution in [-0.4, -0.2) is 30.0 Å². The molecule has 0 saturated heterocycles. The highest BCUT2D eigenvalue weighted by Crippen LogP contribution is 2.35. The fourth-order valence-corrected chi connectivity index (χ4v) is 4.00. The molecule has 0 aliphatic carbocycles.